The van der Waals surface area contributed by atoms with Crippen molar-refractivity contribution in [2.24, 2.45) is 5.92 Å². The molecule has 0 aliphatic carbocycles. The van der Waals surface area contributed by atoms with E-state index in [2.05, 4.69) is 0 Å². The first kappa shape index (κ1) is 22.7. The van der Waals surface area contributed by atoms with Crippen molar-refractivity contribution in [2.45, 2.75) is 19.0 Å². The number of hydrogen-bond donors (Lipinski definition) is 0. The van der Waals surface area contributed by atoms with Crippen LogP contribution in [0.5, 0.6) is 5.75 Å². The second-order valence-corrected chi connectivity index (χ2v) is 7.63. The number of likely N-dealkylation sites (tertiary alicyclic amines) is 1. The minimum absolute atomic E-state index is 0.148. The van der Waals surface area contributed by atoms with Crippen LogP contribution in [-0.4, -0.2) is 55.4 Å². The van der Waals surface area contributed by atoms with Crippen LogP contribution in [0.3, 0.4) is 0 Å². The van der Waals surface area contributed by atoms with Gasteiger partial charge in [-0.2, -0.15) is 13.2 Å². The predicted octanol–water partition coefficient (Wildman–Crippen LogP) is 4.05. The van der Waals surface area contributed by atoms with Crippen LogP contribution in [-0.2, 0) is 11.0 Å². The average Bonchev–Trinajstić information content (AvgIpc) is 3.22. The molecule has 2 unspecified atom stereocenters. The summed E-state index contributed by atoms with van der Waals surface area (Å²) in [6, 6.07) is 11.6. The lowest BCUT2D eigenvalue weighted by Gasteiger charge is -2.23. The third-order valence-corrected chi connectivity index (χ3v) is 5.75. The topological polar surface area (TPSA) is 49.9 Å². The van der Waals surface area contributed by atoms with E-state index >= 15 is 0 Å². The van der Waals surface area contributed by atoms with Crippen LogP contribution in [0, 0.1) is 5.92 Å². The summed E-state index contributed by atoms with van der Waals surface area (Å²) in [7, 11) is 3.18. The van der Waals surface area contributed by atoms with Crippen LogP contribution in [0.25, 0.3) is 0 Å². The van der Waals surface area contributed by atoms with Crippen LogP contribution in [0.4, 0.5) is 13.2 Å². The zero-order valence-corrected chi connectivity index (χ0v) is 17.6. The minimum Gasteiger partial charge on any atom is -0.497 e. The summed E-state index contributed by atoms with van der Waals surface area (Å²) < 4.78 is 44.8. The number of carbonyl (C=O) groups is 2. The normalized spacial score (nSPS) is 18.7. The smallest absolute Gasteiger partial charge is 0.416 e. The zero-order chi connectivity index (χ0) is 22.8. The molecule has 0 aromatic heterocycles. The van der Waals surface area contributed by atoms with Gasteiger partial charge in [0.25, 0.3) is 5.91 Å². The molecule has 31 heavy (non-hydrogen) atoms. The second kappa shape index (κ2) is 8.99. The number of amides is 2. The summed E-state index contributed by atoms with van der Waals surface area (Å²) >= 11 is 0. The van der Waals surface area contributed by atoms with Crippen molar-refractivity contribution in [1.82, 2.24) is 9.80 Å². The van der Waals surface area contributed by atoms with Crippen molar-refractivity contribution < 1.29 is 27.5 Å². The Hall–Kier alpha value is -3.03. The molecular weight excluding hydrogens is 409 g/mol. The van der Waals surface area contributed by atoms with Crippen LogP contribution in [0.2, 0.25) is 0 Å². The van der Waals surface area contributed by atoms with E-state index in [9.17, 15) is 22.8 Å². The molecular formula is C23H25F3N2O3. The van der Waals surface area contributed by atoms with Gasteiger partial charge in [0.05, 0.1) is 18.6 Å². The molecule has 166 valence electrons. The molecule has 2 atom stereocenters. The molecule has 1 aliphatic rings. The Labute approximate surface area is 179 Å². The van der Waals surface area contributed by atoms with Crippen molar-refractivity contribution in [3.05, 3.63) is 65.2 Å². The third kappa shape index (κ3) is 4.84. The molecule has 8 heteroatoms. The lowest BCUT2D eigenvalue weighted by Crippen LogP contribution is -2.36. The van der Waals surface area contributed by atoms with E-state index in [0.717, 1.165) is 12.1 Å². The molecule has 2 aromatic rings. The maximum absolute atomic E-state index is 13.2. The lowest BCUT2D eigenvalue weighted by molar-refractivity contribution is -0.137. The van der Waals surface area contributed by atoms with Gasteiger partial charge in [-0.15, -0.1) is 0 Å². The van der Waals surface area contributed by atoms with Crippen molar-refractivity contribution >= 4 is 11.8 Å². The number of hydrogen-bond acceptors (Lipinski definition) is 3. The summed E-state index contributed by atoms with van der Waals surface area (Å²) in [5, 5.41) is 0. The van der Waals surface area contributed by atoms with Gasteiger partial charge in [-0.3, -0.25) is 9.59 Å². The first-order valence-corrected chi connectivity index (χ1v) is 10.0. The molecule has 0 saturated carbocycles. The number of benzene rings is 2. The van der Waals surface area contributed by atoms with E-state index in [4.69, 9.17) is 4.74 Å². The van der Waals surface area contributed by atoms with Gasteiger partial charge in [0, 0.05) is 38.2 Å². The van der Waals surface area contributed by atoms with Crippen molar-refractivity contribution in [1.29, 1.82) is 0 Å². The van der Waals surface area contributed by atoms with Crippen LogP contribution in [0.1, 0.15) is 34.3 Å². The second-order valence-electron chi connectivity index (χ2n) is 7.63. The minimum atomic E-state index is -4.48. The number of nitrogens with zero attached hydrogens (tertiary/aromatic N) is 2. The zero-order valence-electron chi connectivity index (χ0n) is 17.6. The fraction of sp³-hybridized carbons (Fsp3) is 0.391. The Morgan fingerprint density at radius 2 is 1.81 bits per heavy atom. The van der Waals surface area contributed by atoms with Crippen molar-refractivity contribution in [2.75, 3.05) is 33.8 Å². The maximum atomic E-state index is 13.2. The van der Waals surface area contributed by atoms with Gasteiger partial charge in [-0.05, 0) is 42.8 Å². The van der Waals surface area contributed by atoms with E-state index in [-0.39, 0.29) is 24.9 Å². The molecule has 2 amide bonds. The number of rotatable bonds is 5. The molecule has 0 N–H and O–H groups in total. The van der Waals surface area contributed by atoms with E-state index in [0.29, 0.717) is 23.4 Å². The summed E-state index contributed by atoms with van der Waals surface area (Å²) in [5.74, 6) is -0.983. The highest BCUT2D eigenvalue weighted by Gasteiger charge is 2.42. The fourth-order valence-corrected chi connectivity index (χ4v) is 3.86. The van der Waals surface area contributed by atoms with Crippen LogP contribution < -0.4 is 4.74 Å². The summed E-state index contributed by atoms with van der Waals surface area (Å²) in [4.78, 5) is 29.1. The first-order chi connectivity index (χ1) is 14.7. The Morgan fingerprint density at radius 1 is 1.13 bits per heavy atom. The molecule has 3 rings (SSSR count). The van der Waals surface area contributed by atoms with E-state index in [1.54, 1.807) is 42.3 Å². The standard InChI is InChI=1S/C23H25F3N2O3/c1-4-27(2)22(30)20-14-28(21(29)15-8-10-18(31-3)11-9-15)13-19(20)16-6-5-7-17(12-16)23(24,25)26/h5-12,19-20H,4,13-14H2,1-3H3. The third-order valence-electron chi connectivity index (χ3n) is 5.75. The predicted molar refractivity (Wildman–Crippen MR) is 110 cm³/mol. The molecule has 2 aromatic carbocycles. The van der Waals surface area contributed by atoms with Crippen LogP contribution >= 0.6 is 0 Å². The number of alkyl halides is 3. The van der Waals surface area contributed by atoms with E-state index < -0.39 is 23.6 Å². The van der Waals surface area contributed by atoms with Crippen molar-refractivity contribution in [3.8, 4) is 5.75 Å². The Bertz CT molecular complexity index is 944. The Morgan fingerprint density at radius 3 is 2.39 bits per heavy atom. The van der Waals surface area contributed by atoms with Gasteiger partial charge in [0.2, 0.25) is 5.91 Å². The highest BCUT2D eigenvalue weighted by Crippen LogP contribution is 2.37. The molecule has 0 spiro atoms. The number of carbonyl (C=O) groups excluding carboxylic acids is 2. The van der Waals surface area contributed by atoms with Gasteiger partial charge in [0.15, 0.2) is 0 Å². The highest BCUT2D eigenvalue weighted by molar-refractivity contribution is 5.95. The molecule has 1 aliphatic heterocycles. The number of ether oxygens (including phenoxy) is 1. The highest BCUT2D eigenvalue weighted by atomic mass is 19.4. The Kier molecular flexibility index (Phi) is 6.57. The molecule has 5 nitrogen and oxygen atoms in total. The van der Waals surface area contributed by atoms with Crippen molar-refractivity contribution in [3.63, 3.8) is 0 Å². The van der Waals surface area contributed by atoms with Crippen LogP contribution in [0.15, 0.2) is 48.5 Å². The first-order valence-electron chi connectivity index (χ1n) is 10.0. The lowest BCUT2D eigenvalue weighted by atomic mass is 9.87. The summed E-state index contributed by atoms with van der Waals surface area (Å²) in [6.45, 7) is 2.61. The fourth-order valence-electron chi connectivity index (χ4n) is 3.86. The molecule has 1 heterocycles. The monoisotopic (exact) mass is 434 g/mol. The maximum Gasteiger partial charge on any atom is 0.416 e. The molecule has 0 bridgehead atoms. The molecule has 1 fully saturated rings. The molecule has 0 radical (unpaired) electrons. The summed E-state index contributed by atoms with van der Waals surface area (Å²) in [6.07, 6.45) is -4.48. The van der Waals surface area contributed by atoms with Gasteiger partial charge in [0.1, 0.15) is 5.75 Å². The number of halogens is 3. The van der Waals surface area contributed by atoms with Gasteiger partial charge >= 0.3 is 6.18 Å². The largest absolute Gasteiger partial charge is 0.497 e. The van der Waals surface area contributed by atoms with E-state index in [1.807, 2.05) is 6.92 Å². The number of methoxy groups -OCH3 is 1. The molecule has 1 saturated heterocycles. The van der Waals surface area contributed by atoms with E-state index in [1.165, 1.54) is 18.1 Å². The Balaban J connectivity index is 1.92. The SMILES string of the molecule is CCN(C)C(=O)C1CN(C(=O)c2ccc(OC)cc2)CC1c1cccc(C(F)(F)F)c1. The average molecular weight is 434 g/mol. The summed E-state index contributed by atoms with van der Waals surface area (Å²) in [5.41, 5.74) is 0.0724. The van der Waals surface area contributed by atoms with Gasteiger partial charge < -0.3 is 14.5 Å². The quantitative estimate of drug-likeness (QED) is 0.714. The van der Waals surface area contributed by atoms with Gasteiger partial charge in [-0.1, -0.05) is 18.2 Å². The van der Waals surface area contributed by atoms with Gasteiger partial charge in [-0.25, -0.2) is 0 Å².